The van der Waals surface area contributed by atoms with Gasteiger partial charge >= 0.3 is 11.9 Å². The number of carbonyl (C=O) groups excluding carboxylic acids is 1. The zero-order valence-electron chi connectivity index (χ0n) is 6.92. The zero-order valence-corrected chi connectivity index (χ0v) is 8.51. The fraction of sp³-hybridized carbons (Fsp3) is 0.750. The van der Waals surface area contributed by atoms with Crippen molar-refractivity contribution in [3.05, 3.63) is 0 Å². The smallest absolute Gasteiger partial charge is 0.313 e. The van der Waals surface area contributed by atoms with E-state index < -0.39 is 29.9 Å². The highest BCUT2D eigenvalue weighted by Crippen LogP contribution is 2.52. The highest BCUT2D eigenvalue weighted by molar-refractivity contribution is 9.09. The molecule has 14 heavy (non-hydrogen) atoms. The molecule has 3 heterocycles. The van der Waals surface area contributed by atoms with Crippen molar-refractivity contribution in [1.82, 2.24) is 0 Å². The van der Waals surface area contributed by atoms with Crippen molar-refractivity contribution in [1.29, 1.82) is 0 Å². The summed E-state index contributed by atoms with van der Waals surface area (Å²) in [5.41, 5.74) is 0. The number of carboxylic acids is 1. The van der Waals surface area contributed by atoms with Crippen LogP contribution in [0.4, 0.5) is 0 Å². The van der Waals surface area contributed by atoms with E-state index in [1.807, 2.05) is 0 Å². The Morgan fingerprint density at radius 2 is 2.07 bits per heavy atom. The second-order valence-corrected chi connectivity index (χ2v) is 4.86. The van der Waals surface area contributed by atoms with Crippen LogP contribution in [0.15, 0.2) is 0 Å². The van der Waals surface area contributed by atoms with E-state index in [9.17, 15) is 9.59 Å². The van der Waals surface area contributed by atoms with Crippen LogP contribution < -0.4 is 0 Å². The maximum Gasteiger partial charge on any atom is 0.313 e. The Bertz CT molecular complexity index is 330. The van der Waals surface area contributed by atoms with E-state index in [4.69, 9.17) is 14.6 Å². The van der Waals surface area contributed by atoms with Gasteiger partial charge < -0.3 is 14.6 Å². The summed E-state index contributed by atoms with van der Waals surface area (Å²) in [5.74, 6) is -2.77. The molecule has 0 radical (unpaired) electrons. The molecule has 0 saturated carbocycles. The topological polar surface area (TPSA) is 72.8 Å². The number of rotatable bonds is 1. The minimum Gasteiger partial charge on any atom is -0.481 e. The van der Waals surface area contributed by atoms with Crippen LogP contribution in [0, 0.1) is 11.8 Å². The SMILES string of the molecule is O=C1O[C@H]2[C@@H](Br)[C@@H]3O[C@@H]2[C@@H]1[C@H]3C(=O)O. The van der Waals surface area contributed by atoms with Crippen LogP contribution in [-0.4, -0.2) is 40.2 Å². The number of alkyl halides is 1. The van der Waals surface area contributed by atoms with Crippen molar-refractivity contribution < 1.29 is 24.2 Å². The van der Waals surface area contributed by atoms with Gasteiger partial charge in [0.15, 0.2) is 0 Å². The molecular weight excluding hydrogens is 256 g/mol. The molecule has 0 aliphatic carbocycles. The van der Waals surface area contributed by atoms with Gasteiger partial charge in [-0.05, 0) is 0 Å². The second kappa shape index (κ2) is 2.49. The predicted molar refractivity (Wildman–Crippen MR) is 45.9 cm³/mol. The normalized spacial score (nSPS) is 53.6. The lowest BCUT2D eigenvalue weighted by Gasteiger charge is -2.21. The highest BCUT2D eigenvalue weighted by atomic mass is 79.9. The number of aliphatic carboxylic acids is 1. The zero-order chi connectivity index (χ0) is 10.0. The van der Waals surface area contributed by atoms with Gasteiger partial charge in [0.05, 0.1) is 10.9 Å². The monoisotopic (exact) mass is 262 g/mol. The molecule has 3 saturated heterocycles. The minimum absolute atomic E-state index is 0.184. The number of hydrogen-bond acceptors (Lipinski definition) is 4. The van der Waals surface area contributed by atoms with Gasteiger partial charge in [0.25, 0.3) is 0 Å². The lowest BCUT2D eigenvalue weighted by Crippen LogP contribution is -2.42. The van der Waals surface area contributed by atoms with Crippen LogP contribution in [0.2, 0.25) is 0 Å². The molecule has 3 aliphatic rings. The first kappa shape index (κ1) is 8.67. The van der Waals surface area contributed by atoms with Gasteiger partial charge in [-0.2, -0.15) is 0 Å². The third-order valence-corrected chi connectivity index (χ3v) is 4.21. The predicted octanol–water partition coefficient (Wildman–Crippen LogP) is -0.227. The lowest BCUT2D eigenvalue weighted by atomic mass is 9.80. The van der Waals surface area contributed by atoms with E-state index in [0.717, 1.165) is 0 Å². The number of ether oxygens (including phenoxy) is 2. The maximum atomic E-state index is 11.4. The van der Waals surface area contributed by atoms with Crippen molar-refractivity contribution in [2.24, 2.45) is 11.8 Å². The summed E-state index contributed by atoms with van der Waals surface area (Å²) >= 11 is 3.32. The molecule has 3 fully saturated rings. The van der Waals surface area contributed by atoms with Crippen molar-refractivity contribution >= 4 is 27.9 Å². The summed E-state index contributed by atoms with van der Waals surface area (Å²) in [7, 11) is 0. The number of halogens is 1. The molecule has 0 aromatic heterocycles. The fourth-order valence-electron chi connectivity index (χ4n) is 2.60. The summed E-state index contributed by atoms with van der Waals surface area (Å²) in [4.78, 5) is 22.1. The van der Waals surface area contributed by atoms with Gasteiger partial charge in [0.2, 0.25) is 0 Å². The molecule has 3 aliphatic heterocycles. The largest absolute Gasteiger partial charge is 0.481 e. The molecule has 0 spiro atoms. The highest BCUT2D eigenvalue weighted by Gasteiger charge is 2.69. The average Bonchev–Trinajstić information content (AvgIpc) is 2.67. The van der Waals surface area contributed by atoms with Crippen molar-refractivity contribution in [2.45, 2.75) is 23.1 Å². The number of carbonyl (C=O) groups is 2. The van der Waals surface area contributed by atoms with Crippen LogP contribution in [0.5, 0.6) is 0 Å². The Morgan fingerprint density at radius 3 is 2.71 bits per heavy atom. The first-order valence-corrected chi connectivity index (χ1v) is 5.25. The third kappa shape index (κ3) is 0.791. The van der Waals surface area contributed by atoms with E-state index in [1.165, 1.54) is 0 Å². The average molecular weight is 263 g/mol. The Hall–Kier alpha value is -0.620. The molecule has 0 unspecified atom stereocenters. The van der Waals surface area contributed by atoms with Crippen LogP contribution in [0.3, 0.4) is 0 Å². The maximum absolute atomic E-state index is 11.4. The molecule has 76 valence electrons. The van der Waals surface area contributed by atoms with E-state index in [-0.39, 0.29) is 17.0 Å². The Balaban J connectivity index is 2.04. The molecule has 3 rings (SSSR count). The van der Waals surface area contributed by atoms with Gasteiger partial charge in [-0.1, -0.05) is 15.9 Å². The van der Waals surface area contributed by atoms with Crippen LogP contribution in [0.25, 0.3) is 0 Å². The molecule has 6 heteroatoms. The molecule has 6 atom stereocenters. The van der Waals surface area contributed by atoms with Crippen molar-refractivity contribution in [3.63, 3.8) is 0 Å². The summed E-state index contributed by atoms with van der Waals surface area (Å²) in [6, 6.07) is 0. The Kier molecular flexibility index (Phi) is 1.54. The van der Waals surface area contributed by atoms with Gasteiger partial charge in [-0.3, -0.25) is 9.59 Å². The van der Waals surface area contributed by atoms with Crippen molar-refractivity contribution in [2.75, 3.05) is 0 Å². The number of fused-ring (bicyclic) bond motifs is 1. The second-order valence-electron chi connectivity index (χ2n) is 3.80. The summed E-state index contributed by atoms with van der Waals surface area (Å²) < 4.78 is 10.5. The summed E-state index contributed by atoms with van der Waals surface area (Å²) in [6.07, 6.45) is -1.09. The van der Waals surface area contributed by atoms with Gasteiger partial charge in [0.1, 0.15) is 24.0 Å². The van der Waals surface area contributed by atoms with E-state index in [1.54, 1.807) is 0 Å². The van der Waals surface area contributed by atoms with E-state index in [0.29, 0.717) is 0 Å². The molecule has 2 bridgehead atoms. The fourth-order valence-corrected chi connectivity index (χ4v) is 3.46. The molecule has 0 aromatic carbocycles. The summed E-state index contributed by atoms with van der Waals surface area (Å²) in [5, 5.41) is 8.98. The number of carboxylic acid groups (broad SMARTS) is 1. The van der Waals surface area contributed by atoms with E-state index in [2.05, 4.69) is 15.9 Å². The quantitative estimate of drug-likeness (QED) is 0.522. The third-order valence-electron chi connectivity index (χ3n) is 3.17. The first-order valence-electron chi connectivity index (χ1n) is 4.34. The standard InChI is InChI=1S/C8H7BrO5/c9-3-4-1(7(10)11)2-5(13-4)6(3)14-8(2)12/h1-6H,(H,10,11)/t1-,2+,3+,4-,5-,6+/m1/s1. The molecule has 5 nitrogen and oxygen atoms in total. The first-order chi connectivity index (χ1) is 6.61. The van der Waals surface area contributed by atoms with E-state index >= 15 is 0 Å². The van der Waals surface area contributed by atoms with Gasteiger partial charge in [-0.15, -0.1) is 0 Å². The minimum atomic E-state index is -0.982. The summed E-state index contributed by atoms with van der Waals surface area (Å²) in [6.45, 7) is 0. The van der Waals surface area contributed by atoms with Crippen LogP contribution in [-0.2, 0) is 19.1 Å². The molecule has 1 N–H and O–H groups in total. The van der Waals surface area contributed by atoms with Crippen LogP contribution >= 0.6 is 15.9 Å². The van der Waals surface area contributed by atoms with Crippen molar-refractivity contribution in [3.8, 4) is 0 Å². The van der Waals surface area contributed by atoms with Gasteiger partial charge in [0, 0.05) is 0 Å². The number of esters is 1. The Morgan fingerprint density at radius 1 is 1.36 bits per heavy atom. The molecular formula is C8H7BrO5. The Labute approximate surface area is 87.5 Å². The lowest BCUT2D eigenvalue weighted by molar-refractivity contribution is -0.151. The molecule has 0 aromatic rings. The number of hydrogen-bond donors (Lipinski definition) is 1. The molecule has 0 amide bonds. The van der Waals surface area contributed by atoms with Crippen LogP contribution in [0.1, 0.15) is 0 Å². The van der Waals surface area contributed by atoms with Gasteiger partial charge in [-0.25, -0.2) is 0 Å².